The quantitative estimate of drug-likeness (QED) is 0.246. The number of rotatable bonds is 4. The molecule has 0 saturated heterocycles. The molecule has 0 aliphatic carbocycles. The summed E-state index contributed by atoms with van der Waals surface area (Å²) >= 11 is 1.78. The second-order valence-electron chi connectivity index (χ2n) is 13.2. The molecule has 0 spiro atoms. The van der Waals surface area contributed by atoms with E-state index in [1.54, 1.807) is 11.8 Å². The van der Waals surface area contributed by atoms with E-state index in [4.69, 9.17) is 9.47 Å². The van der Waals surface area contributed by atoms with Crippen molar-refractivity contribution in [3.05, 3.63) is 107 Å². The molecule has 212 valence electrons. The van der Waals surface area contributed by atoms with E-state index >= 15 is 0 Å². The van der Waals surface area contributed by atoms with Crippen LogP contribution in [-0.4, -0.2) is 13.5 Å². The fourth-order valence-electron chi connectivity index (χ4n) is 5.31. The standard InChI is InChI=1S/C36H40N2O2S/c1-35(2,3)27-9-18-33-26(19-27)22-38(23-39-33)30-12-16-32(17-13-30)41-31-14-10-29(11-15-31)37-21-25-7-8-28(36(4,5)6)20-34(25)40-24-37/h7-20H,21-24H2,1-6H3. The summed E-state index contributed by atoms with van der Waals surface area (Å²) in [6, 6.07) is 30.9. The molecule has 4 nitrogen and oxygen atoms in total. The van der Waals surface area contributed by atoms with Crippen molar-refractivity contribution in [2.75, 3.05) is 23.3 Å². The number of ether oxygens (including phenoxy) is 2. The average Bonchev–Trinajstić information content (AvgIpc) is 2.96. The van der Waals surface area contributed by atoms with E-state index in [0.717, 1.165) is 24.6 Å². The molecule has 5 heteroatoms. The molecule has 0 atom stereocenters. The number of benzene rings is 4. The van der Waals surface area contributed by atoms with Crippen molar-refractivity contribution in [1.29, 1.82) is 0 Å². The lowest BCUT2D eigenvalue weighted by atomic mass is 9.86. The van der Waals surface area contributed by atoms with Crippen LogP contribution in [-0.2, 0) is 23.9 Å². The molecule has 6 rings (SSSR count). The predicted octanol–water partition coefficient (Wildman–Crippen LogP) is 9.15. The first-order valence-corrected chi connectivity index (χ1v) is 15.2. The molecule has 4 aromatic carbocycles. The van der Waals surface area contributed by atoms with E-state index < -0.39 is 0 Å². The third-order valence-electron chi connectivity index (χ3n) is 7.97. The Morgan fingerprint density at radius 3 is 1.59 bits per heavy atom. The maximum Gasteiger partial charge on any atom is 0.161 e. The third kappa shape index (κ3) is 6.06. The van der Waals surface area contributed by atoms with Crippen LogP contribution >= 0.6 is 11.8 Å². The molecule has 0 amide bonds. The van der Waals surface area contributed by atoms with Crippen LogP contribution in [0.1, 0.15) is 63.8 Å². The molecule has 41 heavy (non-hydrogen) atoms. The zero-order valence-corrected chi connectivity index (χ0v) is 25.8. The first kappa shape index (κ1) is 27.6. The van der Waals surface area contributed by atoms with Crippen molar-refractivity contribution in [1.82, 2.24) is 0 Å². The van der Waals surface area contributed by atoms with Crippen LogP contribution in [0.4, 0.5) is 11.4 Å². The van der Waals surface area contributed by atoms with Gasteiger partial charge in [0.15, 0.2) is 13.5 Å². The van der Waals surface area contributed by atoms with E-state index in [-0.39, 0.29) is 10.8 Å². The summed E-state index contributed by atoms with van der Waals surface area (Å²) in [4.78, 5) is 7.02. The Balaban J connectivity index is 1.08. The van der Waals surface area contributed by atoms with Crippen LogP contribution in [0.3, 0.4) is 0 Å². The van der Waals surface area contributed by atoms with Gasteiger partial charge < -0.3 is 19.3 Å². The minimum Gasteiger partial charge on any atom is -0.473 e. The van der Waals surface area contributed by atoms with Crippen molar-refractivity contribution < 1.29 is 9.47 Å². The molecule has 0 radical (unpaired) electrons. The molecule has 0 bridgehead atoms. The van der Waals surface area contributed by atoms with Gasteiger partial charge in [-0.05, 0) is 88.7 Å². The second-order valence-corrected chi connectivity index (χ2v) is 14.3. The zero-order valence-electron chi connectivity index (χ0n) is 25.0. The van der Waals surface area contributed by atoms with Gasteiger partial charge in [-0.25, -0.2) is 0 Å². The Kier molecular flexibility index (Phi) is 7.19. The summed E-state index contributed by atoms with van der Waals surface area (Å²) in [6.45, 7) is 16.3. The molecule has 0 aromatic heterocycles. The van der Waals surface area contributed by atoms with Gasteiger partial charge in [-0.15, -0.1) is 0 Å². The Morgan fingerprint density at radius 2 is 1.02 bits per heavy atom. The van der Waals surface area contributed by atoms with E-state index in [9.17, 15) is 0 Å². The highest BCUT2D eigenvalue weighted by Gasteiger charge is 2.23. The lowest BCUT2D eigenvalue weighted by Crippen LogP contribution is -2.32. The average molecular weight is 565 g/mol. The number of anilines is 2. The van der Waals surface area contributed by atoms with Crippen LogP contribution < -0.4 is 19.3 Å². The Morgan fingerprint density at radius 1 is 0.537 bits per heavy atom. The molecule has 2 heterocycles. The van der Waals surface area contributed by atoms with Crippen LogP contribution in [0.5, 0.6) is 11.5 Å². The first-order chi connectivity index (χ1) is 19.5. The zero-order chi connectivity index (χ0) is 28.8. The van der Waals surface area contributed by atoms with Crippen molar-refractivity contribution in [3.8, 4) is 11.5 Å². The summed E-state index contributed by atoms with van der Waals surface area (Å²) in [5, 5.41) is 0. The minimum atomic E-state index is 0.119. The Labute approximate surface area is 249 Å². The molecular formula is C36H40N2O2S. The highest BCUT2D eigenvalue weighted by molar-refractivity contribution is 7.99. The van der Waals surface area contributed by atoms with Gasteiger partial charge >= 0.3 is 0 Å². The second kappa shape index (κ2) is 10.7. The van der Waals surface area contributed by atoms with Gasteiger partial charge in [0, 0.05) is 45.4 Å². The number of hydrogen-bond acceptors (Lipinski definition) is 5. The molecule has 0 saturated carbocycles. The van der Waals surface area contributed by atoms with Crippen molar-refractivity contribution in [2.45, 2.75) is 75.3 Å². The maximum absolute atomic E-state index is 6.16. The normalized spacial score (nSPS) is 15.1. The van der Waals surface area contributed by atoms with Crippen molar-refractivity contribution in [3.63, 3.8) is 0 Å². The maximum atomic E-state index is 6.16. The summed E-state index contributed by atoms with van der Waals surface area (Å²) in [7, 11) is 0. The van der Waals surface area contributed by atoms with Gasteiger partial charge in [-0.2, -0.15) is 0 Å². The van der Waals surface area contributed by atoms with Crippen molar-refractivity contribution in [2.24, 2.45) is 0 Å². The van der Waals surface area contributed by atoms with Crippen LogP contribution in [0.15, 0.2) is 94.7 Å². The number of nitrogens with zero attached hydrogens (tertiary/aromatic N) is 2. The van der Waals surface area contributed by atoms with E-state index in [1.807, 2.05) is 0 Å². The molecule has 2 aliphatic rings. The molecule has 4 aromatic rings. The smallest absolute Gasteiger partial charge is 0.161 e. The van der Waals surface area contributed by atoms with Crippen LogP contribution in [0.25, 0.3) is 0 Å². The van der Waals surface area contributed by atoms with Gasteiger partial charge in [0.1, 0.15) is 11.5 Å². The van der Waals surface area contributed by atoms with Gasteiger partial charge in [0.05, 0.1) is 0 Å². The minimum absolute atomic E-state index is 0.119. The van der Waals surface area contributed by atoms with Gasteiger partial charge in [0.25, 0.3) is 0 Å². The number of fused-ring (bicyclic) bond motifs is 2. The lowest BCUT2D eigenvalue weighted by Gasteiger charge is -2.32. The Hall–Kier alpha value is -3.57. The largest absolute Gasteiger partial charge is 0.473 e. The molecule has 0 N–H and O–H groups in total. The van der Waals surface area contributed by atoms with E-state index in [0.29, 0.717) is 13.5 Å². The molecule has 0 unspecified atom stereocenters. The molecule has 0 fully saturated rings. The highest BCUT2D eigenvalue weighted by Crippen LogP contribution is 2.36. The lowest BCUT2D eigenvalue weighted by molar-refractivity contribution is 0.288. The summed E-state index contributed by atoms with van der Waals surface area (Å²) in [6.07, 6.45) is 0. The summed E-state index contributed by atoms with van der Waals surface area (Å²) in [5.41, 5.74) is 7.73. The number of hydrogen-bond donors (Lipinski definition) is 0. The predicted molar refractivity (Wildman–Crippen MR) is 171 cm³/mol. The van der Waals surface area contributed by atoms with Crippen LogP contribution in [0.2, 0.25) is 0 Å². The third-order valence-corrected chi connectivity index (χ3v) is 8.99. The highest BCUT2D eigenvalue weighted by atomic mass is 32.2. The fraction of sp³-hybridized carbons (Fsp3) is 0.333. The summed E-state index contributed by atoms with van der Waals surface area (Å²) in [5.74, 6) is 2.01. The first-order valence-electron chi connectivity index (χ1n) is 14.4. The topological polar surface area (TPSA) is 24.9 Å². The van der Waals surface area contributed by atoms with Crippen molar-refractivity contribution >= 4 is 23.1 Å². The SMILES string of the molecule is CC(C)(C)c1ccc2c(c1)CN(c1ccc(Sc3ccc(N4COc5cc(C(C)(C)C)ccc5C4)cc3)cc1)CO2. The molecular weight excluding hydrogens is 524 g/mol. The fourth-order valence-corrected chi connectivity index (χ4v) is 6.13. The Bertz CT molecular complexity index is 1530. The van der Waals surface area contributed by atoms with E-state index in [2.05, 4.69) is 136 Å². The van der Waals surface area contributed by atoms with Gasteiger partial charge in [-0.1, -0.05) is 71.5 Å². The van der Waals surface area contributed by atoms with Crippen LogP contribution in [0, 0.1) is 0 Å². The monoisotopic (exact) mass is 564 g/mol. The summed E-state index contributed by atoms with van der Waals surface area (Å²) < 4.78 is 12.3. The van der Waals surface area contributed by atoms with E-state index in [1.165, 1.54) is 43.4 Å². The van der Waals surface area contributed by atoms with Gasteiger partial charge in [-0.3, -0.25) is 0 Å². The molecule has 2 aliphatic heterocycles. The van der Waals surface area contributed by atoms with Gasteiger partial charge in [0.2, 0.25) is 0 Å².